The summed E-state index contributed by atoms with van der Waals surface area (Å²) < 4.78 is 0. The lowest BCUT2D eigenvalue weighted by atomic mass is 10.1. The fourth-order valence-corrected chi connectivity index (χ4v) is 3.11. The van der Waals surface area contributed by atoms with Gasteiger partial charge in [0.05, 0.1) is 11.1 Å². The van der Waals surface area contributed by atoms with Crippen LogP contribution in [0.3, 0.4) is 0 Å². The number of amides is 1. The van der Waals surface area contributed by atoms with Gasteiger partial charge in [0.2, 0.25) is 5.91 Å². The maximum Gasteiger partial charge on any atom is 0.244 e. The molecular formula is C12H15N3OS. The molecule has 1 aliphatic rings. The van der Waals surface area contributed by atoms with Crippen molar-refractivity contribution in [2.75, 3.05) is 5.32 Å². The molecule has 17 heavy (non-hydrogen) atoms. The van der Waals surface area contributed by atoms with Crippen LogP contribution in [0.2, 0.25) is 0 Å². The summed E-state index contributed by atoms with van der Waals surface area (Å²) >= 11 is 1.51. The van der Waals surface area contributed by atoms with Crippen molar-refractivity contribution in [2.45, 2.75) is 38.6 Å². The van der Waals surface area contributed by atoms with Crippen LogP contribution < -0.4 is 11.1 Å². The van der Waals surface area contributed by atoms with Crippen molar-refractivity contribution in [1.29, 1.82) is 5.26 Å². The van der Waals surface area contributed by atoms with E-state index in [-0.39, 0.29) is 5.91 Å². The fraction of sp³-hybridized carbons (Fsp3) is 0.500. The van der Waals surface area contributed by atoms with E-state index in [0.29, 0.717) is 10.6 Å². The molecule has 90 valence electrons. The summed E-state index contributed by atoms with van der Waals surface area (Å²) in [7, 11) is 0. The van der Waals surface area contributed by atoms with Gasteiger partial charge in [0, 0.05) is 4.88 Å². The van der Waals surface area contributed by atoms with Gasteiger partial charge in [0.1, 0.15) is 11.1 Å². The molecule has 0 radical (unpaired) electrons. The zero-order valence-corrected chi connectivity index (χ0v) is 10.8. The first-order chi connectivity index (χ1) is 7.93. The van der Waals surface area contributed by atoms with Gasteiger partial charge in [-0.2, -0.15) is 5.26 Å². The first kappa shape index (κ1) is 12.1. The second-order valence-corrected chi connectivity index (χ2v) is 5.95. The van der Waals surface area contributed by atoms with Crippen molar-refractivity contribution in [3.05, 3.63) is 16.0 Å². The van der Waals surface area contributed by atoms with E-state index in [0.717, 1.165) is 24.8 Å². The van der Waals surface area contributed by atoms with Gasteiger partial charge in [-0.1, -0.05) is 0 Å². The van der Waals surface area contributed by atoms with E-state index in [9.17, 15) is 4.79 Å². The minimum absolute atomic E-state index is 0.256. The van der Waals surface area contributed by atoms with Crippen molar-refractivity contribution in [2.24, 2.45) is 5.73 Å². The van der Waals surface area contributed by atoms with Crippen molar-refractivity contribution in [3.63, 3.8) is 0 Å². The van der Waals surface area contributed by atoms with E-state index in [1.165, 1.54) is 16.2 Å². The summed E-state index contributed by atoms with van der Waals surface area (Å²) in [5.41, 5.74) is 6.53. The van der Waals surface area contributed by atoms with Crippen LogP contribution in [0.4, 0.5) is 5.00 Å². The Hall–Kier alpha value is -1.38. The predicted octanol–water partition coefficient (Wildman–Crippen LogP) is 1.78. The number of carbonyl (C=O) groups is 1. The van der Waals surface area contributed by atoms with E-state index >= 15 is 0 Å². The molecule has 1 aliphatic carbocycles. The first-order valence-corrected chi connectivity index (χ1v) is 6.40. The van der Waals surface area contributed by atoms with Gasteiger partial charge in [-0.3, -0.25) is 4.79 Å². The number of aryl methyl sites for hydroxylation is 1. The van der Waals surface area contributed by atoms with Gasteiger partial charge in [0.15, 0.2) is 0 Å². The van der Waals surface area contributed by atoms with Crippen molar-refractivity contribution < 1.29 is 4.79 Å². The van der Waals surface area contributed by atoms with Crippen molar-refractivity contribution in [1.82, 2.24) is 0 Å². The molecule has 0 atom stereocenters. The molecule has 2 rings (SSSR count). The van der Waals surface area contributed by atoms with Gasteiger partial charge in [-0.25, -0.2) is 0 Å². The molecule has 5 heteroatoms. The van der Waals surface area contributed by atoms with Gasteiger partial charge >= 0.3 is 0 Å². The summed E-state index contributed by atoms with van der Waals surface area (Å²) in [5.74, 6) is -0.256. The van der Waals surface area contributed by atoms with Crippen LogP contribution in [0, 0.1) is 11.3 Å². The zero-order chi connectivity index (χ0) is 12.6. The molecule has 0 saturated carbocycles. The first-order valence-electron chi connectivity index (χ1n) is 5.58. The normalized spacial score (nSPS) is 14.2. The molecule has 0 fully saturated rings. The van der Waals surface area contributed by atoms with E-state index in [4.69, 9.17) is 11.0 Å². The number of thiophene rings is 1. The molecule has 4 nitrogen and oxygen atoms in total. The molecule has 0 bridgehead atoms. The van der Waals surface area contributed by atoms with E-state index in [1.807, 2.05) is 0 Å². The number of hydrogen-bond donors (Lipinski definition) is 2. The number of rotatable bonds is 2. The zero-order valence-electron chi connectivity index (χ0n) is 9.96. The molecule has 0 aromatic carbocycles. The van der Waals surface area contributed by atoms with Crippen LogP contribution in [0.1, 0.15) is 36.3 Å². The standard InChI is InChI=1S/C12H15N3OS/c1-12(2,14)11(16)15-10-8(6-13)7-4-3-5-9(7)17-10/h3-5,14H2,1-2H3,(H,15,16). The Morgan fingerprint density at radius 2 is 2.24 bits per heavy atom. The highest BCUT2D eigenvalue weighted by molar-refractivity contribution is 7.16. The minimum atomic E-state index is -0.929. The smallest absolute Gasteiger partial charge is 0.244 e. The average Bonchev–Trinajstić information content (AvgIpc) is 2.75. The van der Waals surface area contributed by atoms with Crippen LogP contribution in [0.25, 0.3) is 0 Å². The Bertz CT molecular complexity index is 505. The van der Waals surface area contributed by atoms with Crippen LogP contribution in [0.5, 0.6) is 0 Å². The third-order valence-electron chi connectivity index (χ3n) is 2.85. The molecule has 3 N–H and O–H groups in total. The van der Waals surface area contributed by atoms with Gasteiger partial charge in [-0.05, 0) is 38.7 Å². The number of anilines is 1. The van der Waals surface area contributed by atoms with Crippen molar-refractivity contribution in [3.8, 4) is 6.07 Å². The van der Waals surface area contributed by atoms with Gasteiger partial charge < -0.3 is 11.1 Å². The van der Waals surface area contributed by atoms with Crippen LogP contribution in [0.15, 0.2) is 0 Å². The summed E-state index contributed by atoms with van der Waals surface area (Å²) in [6.07, 6.45) is 3.06. The number of fused-ring (bicyclic) bond motifs is 1. The Morgan fingerprint density at radius 1 is 1.53 bits per heavy atom. The second kappa shape index (κ2) is 4.13. The molecule has 1 heterocycles. The number of nitrogens with two attached hydrogens (primary N) is 1. The second-order valence-electron chi connectivity index (χ2n) is 4.85. The third kappa shape index (κ3) is 2.19. The molecule has 0 saturated heterocycles. The highest BCUT2D eigenvalue weighted by atomic mass is 32.1. The molecule has 1 amide bonds. The topological polar surface area (TPSA) is 78.9 Å². The lowest BCUT2D eigenvalue weighted by Crippen LogP contribution is -2.45. The Morgan fingerprint density at radius 3 is 2.82 bits per heavy atom. The number of carbonyl (C=O) groups excluding carboxylic acids is 1. The SMILES string of the molecule is CC(C)(N)C(=O)Nc1sc2c(c1C#N)CCC2. The lowest BCUT2D eigenvalue weighted by molar-refractivity contribution is -0.120. The molecule has 0 aliphatic heterocycles. The van der Waals surface area contributed by atoms with Gasteiger partial charge in [-0.15, -0.1) is 11.3 Å². The minimum Gasteiger partial charge on any atom is -0.318 e. The molecule has 0 spiro atoms. The van der Waals surface area contributed by atoms with Crippen LogP contribution in [-0.4, -0.2) is 11.4 Å². The Labute approximate surface area is 104 Å². The van der Waals surface area contributed by atoms with Crippen LogP contribution in [-0.2, 0) is 17.6 Å². The summed E-state index contributed by atoms with van der Waals surface area (Å²) in [6, 6.07) is 2.19. The Balaban J connectivity index is 2.29. The van der Waals surface area contributed by atoms with E-state index in [2.05, 4.69) is 11.4 Å². The van der Waals surface area contributed by atoms with Crippen molar-refractivity contribution >= 4 is 22.2 Å². The summed E-state index contributed by atoms with van der Waals surface area (Å²) in [5, 5.41) is 12.6. The average molecular weight is 249 g/mol. The third-order valence-corrected chi connectivity index (χ3v) is 4.05. The number of nitrogens with zero attached hydrogens (tertiary/aromatic N) is 1. The summed E-state index contributed by atoms with van der Waals surface area (Å²) in [6.45, 7) is 3.30. The van der Waals surface area contributed by atoms with E-state index < -0.39 is 5.54 Å². The van der Waals surface area contributed by atoms with Crippen LogP contribution >= 0.6 is 11.3 Å². The largest absolute Gasteiger partial charge is 0.318 e. The lowest BCUT2D eigenvalue weighted by Gasteiger charge is -2.17. The molecule has 1 aromatic heterocycles. The highest BCUT2D eigenvalue weighted by Crippen LogP contribution is 2.38. The number of nitriles is 1. The predicted molar refractivity (Wildman–Crippen MR) is 68.0 cm³/mol. The quantitative estimate of drug-likeness (QED) is 0.838. The molecule has 1 aromatic rings. The summed E-state index contributed by atoms with van der Waals surface area (Å²) in [4.78, 5) is 13.0. The number of nitrogens with one attached hydrogen (secondary N) is 1. The monoisotopic (exact) mass is 249 g/mol. The number of hydrogen-bond acceptors (Lipinski definition) is 4. The maximum absolute atomic E-state index is 11.8. The maximum atomic E-state index is 11.8. The molecular weight excluding hydrogens is 234 g/mol. The Kier molecular flexibility index (Phi) is 2.94. The van der Waals surface area contributed by atoms with Gasteiger partial charge in [0.25, 0.3) is 0 Å². The molecule has 0 unspecified atom stereocenters. The fourth-order valence-electron chi connectivity index (χ4n) is 1.87. The van der Waals surface area contributed by atoms with E-state index in [1.54, 1.807) is 13.8 Å². The highest BCUT2D eigenvalue weighted by Gasteiger charge is 2.27.